The van der Waals surface area contributed by atoms with E-state index in [1.807, 2.05) is 0 Å². The Kier molecular flexibility index (Phi) is 4.24. The maximum atomic E-state index is 8.89. The third-order valence-electron chi connectivity index (χ3n) is 3.56. The zero-order chi connectivity index (χ0) is 13.9. The van der Waals surface area contributed by atoms with E-state index in [2.05, 4.69) is 61.3 Å². The summed E-state index contributed by atoms with van der Waals surface area (Å²) in [5, 5.41) is 12.4. The molecule has 1 N–H and O–H groups in total. The summed E-state index contributed by atoms with van der Waals surface area (Å²) in [4.78, 5) is 2.45. The van der Waals surface area contributed by atoms with Gasteiger partial charge in [-0.25, -0.2) is 0 Å². The number of nitrogens with one attached hydrogen (secondary N) is 1. The minimum absolute atomic E-state index is 0.0739. The number of nitriles is 1. The van der Waals surface area contributed by atoms with Gasteiger partial charge in [0.25, 0.3) is 0 Å². The van der Waals surface area contributed by atoms with Crippen molar-refractivity contribution >= 4 is 0 Å². The summed E-state index contributed by atoms with van der Waals surface area (Å²) >= 11 is 0. The van der Waals surface area contributed by atoms with Crippen LogP contribution in [0.15, 0.2) is 24.3 Å². The summed E-state index contributed by atoms with van der Waals surface area (Å²) in [6.45, 7) is 9.46. The van der Waals surface area contributed by atoms with Crippen molar-refractivity contribution in [3.8, 4) is 6.07 Å². The number of rotatable bonds is 3. The van der Waals surface area contributed by atoms with Gasteiger partial charge in [0.1, 0.15) is 0 Å². The van der Waals surface area contributed by atoms with E-state index in [1.165, 1.54) is 11.1 Å². The highest BCUT2D eigenvalue weighted by molar-refractivity contribution is 5.21. The average molecular weight is 257 g/mol. The topological polar surface area (TPSA) is 39.1 Å². The van der Waals surface area contributed by atoms with Gasteiger partial charge in [-0.1, -0.05) is 29.8 Å². The Hall–Kier alpha value is -1.37. The molecule has 2 rings (SSSR count). The fraction of sp³-hybridized carbons (Fsp3) is 0.562. The first-order chi connectivity index (χ1) is 8.98. The van der Waals surface area contributed by atoms with E-state index in [0.29, 0.717) is 6.42 Å². The number of benzene rings is 1. The van der Waals surface area contributed by atoms with E-state index in [1.54, 1.807) is 0 Å². The van der Waals surface area contributed by atoms with Crippen LogP contribution >= 0.6 is 0 Å². The molecule has 0 bridgehead atoms. The van der Waals surface area contributed by atoms with E-state index in [4.69, 9.17) is 5.26 Å². The van der Waals surface area contributed by atoms with Crippen LogP contribution in [-0.4, -0.2) is 29.6 Å². The molecule has 1 unspecified atom stereocenters. The Bertz CT molecular complexity index is 456. The first kappa shape index (κ1) is 14.0. The molecule has 1 heterocycles. The maximum Gasteiger partial charge on any atom is 0.0638 e. The Morgan fingerprint density at radius 3 is 2.68 bits per heavy atom. The van der Waals surface area contributed by atoms with Gasteiger partial charge in [-0.3, -0.25) is 4.90 Å². The molecule has 3 heteroatoms. The van der Waals surface area contributed by atoms with Crippen molar-refractivity contribution in [2.75, 3.05) is 13.1 Å². The lowest BCUT2D eigenvalue weighted by atomic mass is 9.97. The molecule has 0 aromatic heterocycles. The van der Waals surface area contributed by atoms with Crippen LogP contribution in [0.4, 0.5) is 0 Å². The predicted octanol–water partition coefficient (Wildman–Crippen LogP) is 2.46. The summed E-state index contributed by atoms with van der Waals surface area (Å²) in [6.07, 6.45) is 0.577. The second-order valence-corrected chi connectivity index (χ2v) is 6.24. The number of piperazine rings is 1. The van der Waals surface area contributed by atoms with Crippen LogP contribution in [0.1, 0.15) is 31.4 Å². The van der Waals surface area contributed by atoms with Crippen molar-refractivity contribution in [3.63, 3.8) is 0 Å². The van der Waals surface area contributed by atoms with Gasteiger partial charge < -0.3 is 5.32 Å². The van der Waals surface area contributed by atoms with Gasteiger partial charge in [0, 0.05) is 31.2 Å². The first-order valence-electron chi connectivity index (χ1n) is 6.91. The fourth-order valence-electron chi connectivity index (χ4n) is 2.88. The predicted molar refractivity (Wildman–Crippen MR) is 77.7 cm³/mol. The van der Waals surface area contributed by atoms with Crippen LogP contribution in [0.2, 0.25) is 0 Å². The first-order valence-corrected chi connectivity index (χ1v) is 6.91. The molecular formula is C16H23N3. The molecule has 1 aromatic rings. The van der Waals surface area contributed by atoms with Gasteiger partial charge in [-0.05, 0) is 26.3 Å². The van der Waals surface area contributed by atoms with Crippen molar-refractivity contribution in [2.24, 2.45) is 0 Å². The highest BCUT2D eigenvalue weighted by atomic mass is 15.2. The second kappa shape index (κ2) is 5.73. The van der Waals surface area contributed by atoms with E-state index in [-0.39, 0.29) is 11.6 Å². The summed E-state index contributed by atoms with van der Waals surface area (Å²) in [5.74, 6) is 0. The van der Waals surface area contributed by atoms with E-state index < -0.39 is 0 Å². The van der Waals surface area contributed by atoms with E-state index >= 15 is 0 Å². The summed E-state index contributed by atoms with van der Waals surface area (Å²) in [5.41, 5.74) is 2.72. The van der Waals surface area contributed by atoms with Gasteiger partial charge >= 0.3 is 0 Å². The number of nitrogens with zero attached hydrogens (tertiary/aromatic N) is 2. The highest BCUT2D eigenvalue weighted by Gasteiger charge is 2.31. The van der Waals surface area contributed by atoms with Gasteiger partial charge in [0.15, 0.2) is 0 Å². The normalized spacial score (nSPS) is 22.9. The van der Waals surface area contributed by atoms with Gasteiger partial charge in [-0.2, -0.15) is 5.26 Å². The molecule has 1 fully saturated rings. The third kappa shape index (κ3) is 4.05. The quantitative estimate of drug-likeness (QED) is 0.904. The van der Waals surface area contributed by atoms with E-state index in [0.717, 1.165) is 19.6 Å². The molecule has 0 radical (unpaired) electrons. The number of aryl methyl sites for hydroxylation is 1. The lowest BCUT2D eigenvalue weighted by Crippen LogP contribution is -2.61. The lowest BCUT2D eigenvalue weighted by Gasteiger charge is -2.43. The molecule has 102 valence electrons. The molecule has 1 aromatic carbocycles. The van der Waals surface area contributed by atoms with Gasteiger partial charge in [0.05, 0.1) is 12.5 Å². The van der Waals surface area contributed by atoms with Crippen molar-refractivity contribution < 1.29 is 0 Å². The molecule has 0 spiro atoms. The minimum Gasteiger partial charge on any atom is -0.305 e. The van der Waals surface area contributed by atoms with Gasteiger partial charge in [0.2, 0.25) is 0 Å². The monoisotopic (exact) mass is 257 g/mol. The van der Waals surface area contributed by atoms with Crippen LogP contribution in [0.25, 0.3) is 0 Å². The van der Waals surface area contributed by atoms with Crippen molar-refractivity contribution in [1.29, 1.82) is 5.26 Å². The summed E-state index contributed by atoms with van der Waals surface area (Å²) in [6, 6.07) is 11.3. The Morgan fingerprint density at radius 2 is 2.05 bits per heavy atom. The minimum atomic E-state index is 0.0739. The summed E-state index contributed by atoms with van der Waals surface area (Å²) < 4.78 is 0. The zero-order valence-corrected chi connectivity index (χ0v) is 12.1. The molecule has 1 atom stereocenters. The average Bonchev–Trinajstić information content (AvgIpc) is 2.30. The van der Waals surface area contributed by atoms with Crippen molar-refractivity contribution in [1.82, 2.24) is 10.2 Å². The molecule has 0 aliphatic carbocycles. The highest BCUT2D eigenvalue weighted by Crippen LogP contribution is 2.18. The smallest absolute Gasteiger partial charge is 0.0638 e. The van der Waals surface area contributed by atoms with Crippen LogP contribution in [0, 0.1) is 18.3 Å². The molecule has 19 heavy (non-hydrogen) atoms. The summed E-state index contributed by atoms with van der Waals surface area (Å²) in [7, 11) is 0. The van der Waals surface area contributed by atoms with Crippen LogP contribution in [0.3, 0.4) is 0 Å². The fourth-order valence-corrected chi connectivity index (χ4v) is 2.88. The third-order valence-corrected chi connectivity index (χ3v) is 3.56. The molecule has 3 nitrogen and oxygen atoms in total. The standard InChI is InChI=1S/C16H23N3/c1-13-4-6-14(7-5-13)10-19-11-15(8-9-17)18-16(2,3)12-19/h4-7,15,18H,8,10-12H2,1-3H3. The molecule has 1 saturated heterocycles. The SMILES string of the molecule is Cc1ccc(CN2CC(CC#N)NC(C)(C)C2)cc1. The Labute approximate surface area is 116 Å². The molecule has 0 saturated carbocycles. The second-order valence-electron chi connectivity index (χ2n) is 6.24. The number of hydrogen-bond donors (Lipinski definition) is 1. The zero-order valence-electron chi connectivity index (χ0n) is 12.1. The van der Waals surface area contributed by atoms with Crippen molar-refractivity contribution in [3.05, 3.63) is 35.4 Å². The Morgan fingerprint density at radius 1 is 1.37 bits per heavy atom. The van der Waals surface area contributed by atoms with Crippen LogP contribution in [0.5, 0.6) is 0 Å². The van der Waals surface area contributed by atoms with Crippen molar-refractivity contribution in [2.45, 2.75) is 45.3 Å². The van der Waals surface area contributed by atoms with Crippen LogP contribution in [-0.2, 0) is 6.54 Å². The maximum absolute atomic E-state index is 8.89. The molecule has 0 amide bonds. The molecular weight excluding hydrogens is 234 g/mol. The number of hydrogen-bond acceptors (Lipinski definition) is 3. The Balaban J connectivity index is 2.03. The largest absolute Gasteiger partial charge is 0.305 e. The lowest BCUT2D eigenvalue weighted by molar-refractivity contribution is 0.112. The molecule has 1 aliphatic rings. The van der Waals surface area contributed by atoms with Gasteiger partial charge in [-0.15, -0.1) is 0 Å². The van der Waals surface area contributed by atoms with Crippen LogP contribution < -0.4 is 5.32 Å². The molecule has 1 aliphatic heterocycles. The van der Waals surface area contributed by atoms with E-state index in [9.17, 15) is 0 Å².